The van der Waals surface area contributed by atoms with Gasteiger partial charge in [-0.1, -0.05) is 32.1 Å². The van der Waals surface area contributed by atoms with Crippen molar-refractivity contribution in [2.75, 3.05) is 7.11 Å². The SMILES string of the molecule is COC(=O)[C@@H]1[C@H]2C=CN(C(=O)[C@H](C(C)C)N3C(=O)c4ccccc4C3=O)[C@H]21. The third-order valence-electron chi connectivity index (χ3n) is 5.54. The quantitative estimate of drug-likeness (QED) is 0.593. The maximum absolute atomic E-state index is 13.3. The van der Waals surface area contributed by atoms with Gasteiger partial charge < -0.3 is 9.64 Å². The summed E-state index contributed by atoms with van der Waals surface area (Å²) in [6.07, 6.45) is 3.45. The van der Waals surface area contributed by atoms with E-state index in [9.17, 15) is 19.2 Å². The predicted octanol–water partition coefficient (Wildman–Crippen LogP) is 1.45. The highest BCUT2D eigenvalue weighted by atomic mass is 16.5. The third kappa shape index (κ3) is 2.41. The maximum atomic E-state index is 13.3. The van der Waals surface area contributed by atoms with Crippen molar-refractivity contribution in [1.82, 2.24) is 9.80 Å². The molecule has 1 saturated carbocycles. The lowest BCUT2D eigenvalue weighted by molar-refractivity contribution is -0.143. The Morgan fingerprint density at radius 3 is 2.19 bits per heavy atom. The number of esters is 1. The Kier molecular flexibility index (Phi) is 3.91. The molecule has 7 heteroatoms. The van der Waals surface area contributed by atoms with Crippen molar-refractivity contribution in [1.29, 1.82) is 0 Å². The van der Waals surface area contributed by atoms with Crippen LogP contribution in [0.1, 0.15) is 34.6 Å². The molecule has 7 nitrogen and oxygen atoms in total. The normalized spacial score (nSPS) is 26.3. The number of nitrogens with zero attached hydrogens (tertiary/aromatic N) is 2. The van der Waals surface area contributed by atoms with Crippen molar-refractivity contribution in [3.8, 4) is 0 Å². The second kappa shape index (κ2) is 6.04. The van der Waals surface area contributed by atoms with Crippen molar-refractivity contribution in [3.63, 3.8) is 0 Å². The standard InChI is InChI=1S/C20H20N2O5/c1-10(2)15(22-17(23)11-6-4-5-7-12(11)18(22)24)19(25)21-9-8-13-14(16(13)21)20(26)27-3/h4-10,13-16H,1-3H3/t13-,14-,15+,16-/m1/s1. The molecule has 2 heterocycles. The smallest absolute Gasteiger partial charge is 0.311 e. The molecule has 1 aromatic rings. The Labute approximate surface area is 156 Å². The lowest BCUT2D eigenvalue weighted by Gasteiger charge is -2.31. The van der Waals surface area contributed by atoms with Crippen LogP contribution in [0.25, 0.3) is 0 Å². The molecule has 0 saturated heterocycles. The molecule has 3 amide bonds. The van der Waals surface area contributed by atoms with E-state index in [1.807, 2.05) is 6.08 Å². The van der Waals surface area contributed by atoms with Crippen LogP contribution in [0.2, 0.25) is 0 Å². The molecule has 0 radical (unpaired) electrons. The van der Waals surface area contributed by atoms with Gasteiger partial charge in [0, 0.05) is 12.1 Å². The maximum Gasteiger partial charge on any atom is 0.311 e. The fraction of sp³-hybridized carbons (Fsp3) is 0.400. The average Bonchev–Trinajstić information content (AvgIpc) is 3.11. The Hall–Kier alpha value is -2.96. The summed E-state index contributed by atoms with van der Waals surface area (Å²) < 4.78 is 4.79. The fourth-order valence-electron chi connectivity index (χ4n) is 4.16. The van der Waals surface area contributed by atoms with E-state index >= 15 is 0 Å². The van der Waals surface area contributed by atoms with E-state index in [1.165, 1.54) is 12.0 Å². The van der Waals surface area contributed by atoms with Crippen LogP contribution in [0.5, 0.6) is 0 Å². The first-order valence-corrected chi connectivity index (χ1v) is 8.93. The van der Waals surface area contributed by atoms with E-state index < -0.39 is 17.9 Å². The second-order valence-corrected chi connectivity index (χ2v) is 7.42. The molecule has 1 aromatic carbocycles. The highest BCUT2D eigenvalue weighted by Gasteiger charge is 2.62. The Bertz CT molecular complexity index is 855. The van der Waals surface area contributed by atoms with Crippen LogP contribution < -0.4 is 0 Å². The Balaban J connectivity index is 1.63. The zero-order valence-electron chi connectivity index (χ0n) is 15.3. The van der Waals surface area contributed by atoms with Gasteiger partial charge in [0.1, 0.15) is 6.04 Å². The predicted molar refractivity (Wildman–Crippen MR) is 94.3 cm³/mol. The van der Waals surface area contributed by atoms with Crippen molar-refractivity contribution in [2.45, 2.75) is 25.9 Å². The first-order valence-electron chi connectivity index (χ1n) is 8.93. The molecule has 0 N–H and O–H groups in total. The van der Waals surface area contributed by atoms with Gasteiger partial charge in [0.2, 0.25) is 5.91 Å². The van der Waals surface area contributed by atoms with Crippen LogP contribution in [-0.4, -0.2) is 52.7 Å². The summed E-state index contributed by atoms with van der Waals surface area (Å²) in [5.41, 5.74) is 0.629. The number of amides is 3. The molecule has 4 rings (SSSR count). The molecular formula is C20H20N2O5. The molecule has 140 valence electrons. The minimum Gasteiger partial charge on any atom is -0.469 e. The summed E-state index contributed by atoms with van der Waals surface area (Å²) in [7, 11) is 1.32. The number of hydrogen-bond donors (Lipinski definition) is 0. The van der Waals surface area contributed by atoms with E-state index in [2.05, 4.69) is 0 Å². The van der Waals surface area contributed by atoms with Crippen LogP contribution in [0, 0.1) is 17.8 Å². The monoisotopic (exact) mass is 368 g/mol. The molecular weight excluding hydrogens is 348 g/mol. The highest BCUT2D eigenvalue weighted by Crippen LogP contribution is 2.50. The van der Waals surface area contributed by atoms with Gasteiger partial charge in [-0.15, -0.1) is 0 Å². The van der Waals surface area contributed by atoms with Gasteiger partial charge in [0.25, 0.3) is 11.8 Å². The molecule has 1 aliphatic carbocycles. The van der Waals surface area contributed by atoms with E-state index in [-0.39, 0.29) is 35.7 Å². The van der Waals surface area contributed by atoms with E-state index in [1.54, 1.807) is 44.3 Å². The molecule has 0 bridgehead atoms. The van der Waals surface area contributed by atoms with Gasteiger partial charge in [0.15, 0.2) is 0 Å². The van der Waals surface area contributed by atoms with Gasteiger partial charge >= 0.3 is 5.97 Å². The number of imide groups is 1. The number of fused-ring (bicyclic) bond motifs is 2. The molecule has 0 aromatic heterocycles. The summed E-state index contributed by atoms with van der Waals surface area (Å²) in [6, 6.07) is 5.35. The minimum atomic E-state index is -0.931. The Morgan fingerprint density at radius 2 is 1.67 bits per heavy atom. The number of rotatable bonds is 4. The van der Waals surface area contributed by atoms with E-state index in [0.29, 0.717) is 11.1 Å². The number of carbonyl (C=O) groups is 4. The summed E-state index contributed by atoms with van der Waals surface area (Å²) in [5, 5.41) is 0. The first kappa shape index (κ1) is 17.5. The van der Waals surface area contributed by atoms with Crippen LogP contribution in [0.3, 0.4) is 0 Å². The molecule has 27 heavy (non-hydrogen) atoms. The van der Waals surface area contributed by atoms with Crippen molar-refractivity contribution in [2.24, 2.45) is 17.8 Å². The molecule has 3 aliphatic rings. The number of benzene rings is 1. The summed E-state index contributed by atoms with van der Waals surface area (Å²) in [5.74, 6) is -2.33. The van der Waals surface area contributed by atoms with Crippen molar-refractivity contribution in [3.05, 3.63) is 47.7 Å². The van der Waals surface area contributed by atoms with E-state index in [4.69, 9.17) is 4.74 Å². The molecule has 0 spiro atoms. The van der Waals surface area contributed by atoms with Crippen LogP contribution in [0.15, 0.2) is 36.5 Å². The molecule has 1 fully saturated rings. The van der Waals surface area contributed by atoms with Gasteiger partial charge in [0.05, 0.1) is 30.2 Å². The molecule has 0 unspecified atom stereocenters. The number of ether oxygens (including phenoxy) is 1. The summed E-state index contributed by atoms with van der Waals surface area (Å²) in [4.78, 5) is 53.3. The lowest BCUT2D eigenvalue weighted by atomic mass is 10.0. The molecule has 2 aliphatic heterocycles. The number of methoxy groups -OCH3 is 1. The third-order valence-corrected chi connectivity index (χ3v) is 5.54. The minimum absolute atomic E-state index is 0.0589. The second-order valence-electron chi connectivity index (χ2n) is 7.42. The van der Waals surface area contributed by atoms with Crippen molar-refractivity contribution < 1.29 is 23.9 Å². The van der Waals surface area contributed by atoms with Gasteiger partial charge in [-0.3, -0.25) is 24.1 Å². The topological polar surface area (TPSA) is 84.0 Å². The average molecular weight is 368 g/mol. The highest BCUT2D eigenvalue weighted by molar-refractivity contribution is 6.23. The summed E-state index contributed by atoms with van der Waals surface area (Å²) >= 11 is 0. The fourth-order valence-corrected chi connectivity index (χ4v) is 4.16. The number of carbonyl (C=O) groups excluding carboxylic acids is 4. The van der Waals surface area contributed by atoms with Crippen LogP contribution in [0.4, 0.5) is 0 Å². The van der Waals surface area contributed by atoms with Gasteiger partial charge in [-0.2, -0.15) is 0 Å². The first-order chi connectivity index (χ1) is 12.9. The van der Waals surface area contributed by atoms with E-state index in [0.717, 1.165) is 4.90 Å². The molecule has 4 atom stereocenters. The summed E-state index contributed by atoms with van der Waals surface area (Å²) in [6.45, 7) is 3.60. The zero-order valence-corrected chi connectivity index (χ0v) is 15.3. The van der Waals surface area contributed by atoms with Gasteiger partial charge in [-0.25, -0.2) is 0 Å². The van der Waals surface area contributed by atoms with Crippen LogP contribution >= 0.6 is 0 Å². The largest absolute Gasteiger partial charge is 0.469 e. The van der Waals surface area contributed by atoms with Gasteiger partial charge in [-0.05, 0) is 18.1 Å². The Morgan fingerprint density at radius 1 is 1.07 bits per heavy atom. The van der Waals surface area contributed by atoms with Crippen molar-refractivity contribution >= 4 is 23.7 Å². The number of hydrogen-bond acceptors (Lipinski definition) is 5. The van der Waals surface area contributed by atoms with Crippen LogP contribution in [-0.2, 0) is 14.3 Å². The zero-order chi connectivity index (χ0) is 19.5. The lowest BCUT2D eigenvalue weighted by Crippen LogP contribution is -2.52.